The van der Waals surface area contributed by atoms with Gasteiger partial charge in [0.2, 0.25) is 0 Å². The predicted molar refractivity (Wildman–Crippen MR) is 87.1 cm³/mol. The molecule has 1 heterocycles. The number of hydrogen-bond donors (Lipinski definition) is 0. The Hall–Kier alpha value is -0.520. The van der Waals surface area contributed by atoms with Crippen LogP contribution in [0, 0.1) is 6.92 Å². The number of halogens is 2. The molecule has 0 saturated heterocycles. The van der Waals surface area contributed by atoms with Crippen molar-refractivity contribution in [2.45, 2.75) is 11.8 Å². The molecular weight excluding hydrogens is 392 g/mol. The first-order chi connectivity index (χ1) is 9.05. The summed E-state index contributed by atoms with van der Waals surface area (Å²) in [5.41, 5.74) is 1.12. The molecule has 0 aliphatic heterocycles. The van der Waals surface area contributed by atoms with E-state index in [9.17, 15) is 0 Å². The molecule has 1 atom stereocenters. The molecular formula is C14H14Br2O2S. The van der Waals surface area contributed by atoms with Gasteiger partial charge in [-0.2, -0.15) is 0 Å². The lowest BCUT2D eigenvalue weighted by atomic mass is 10.1. The topological polar surface area (TPSA) is 18.5 Å². The number of benzene rings is 1. The Labute approximate surface area is 134 Å². The third-order valence-electron chi connectivity index (χ3n) is 2.79. The van der Waals surface area contributed by atoms with Crippen molar-refractivity contribution < 1.29 is 9.47 Å². The highest BCUT2D eigenvalue weighted by Crippen LogP contribution is 2.40. The molecule has 0 saturated carbocycles. The van der Waals surface area contributed by atoms with Gasteiger partial charge >= 0.3 is 0 Å². The average molecular weight is 406 g/mol. The summed E-state index contributed by atoms with van der Waals surface area (Å²) in [6.07, 6.45) is 0. The first kappa shape index (κ1) is 14.9. The molecule has 0 aliphatic rings. The van der Waals surface area contributed by atoms with Gasteiger partial charge in [0.1, 0.15) is 11.5 Å². The van der Waals surface area contributed by atoms with Crippen LogP contribution < -0.4 is 9.47 Å². The van der Waals surface area contributed by atoms with E-state index in [2.05, 4.69) is 44.8 Å². The van der Waals surface area contributed by atoms with Crippen LogP contribution in [0.25, 0.3) is 0 Å². The second kappa shape index (κ2) is 6.29. The van der Waals surface area contributed by atoms with Crippen molar-refractivity contribution in [3.8, 4) is 11.5 Å². The monoisotopic (exact) mass is 404 g/mol. The standard InChI is InChI=1S/C14H14Br2O2S/c1-8-12(15)7-13(19-8)14(16)9-4-10(17-2)6-11(5-9)18-3/h4-7,14H,1-3H3. The number of rotatable bonds is 4. The molecule has 0 N–H and O–H groups in total. The van der Waals surface area contributed by atoms with E-state index in [0.717, 1.165) is 21.5 Å². The first-order valence-corrected chi connectivity index (χ1v) is 8.20. The van der Waals surface area contributed by atoms with Gasteiger partial charge in [0.05, 0.1) is 19.0 Å². The highest BCUT2D eigenvalue weighted by Gasteiger charge is 2.16. The normalized spacial score (nSPS) is 12.3. The van der Waals surface area contributed by atoms with Crippen LogP contribution in [0.3, 0.4) is 0 Å². The lowest BCUT2D eigenvalue weighted by Gasteiger charge is -2.12. The Balaban J connectivity index is 2.39. The van der Waals surface area contributed by atoms with Gasteiger partial charge in [0.15, 0.2) is 0 Å². The maximum atomic E-state index is 5.31. The number of aryl methyl sites for hydroxylation is 1. The molecule has 0 amide bonds. The zero-order chi connectivity index (χ0) is 14.0. The molecule has 2 aromatic rings. The van der Waals surface area contributed by atoms with E-state index < -0.39 is 0 Å². The Bertz CT molecular complexity index is 539. The minimum atomic E-state index is 0.131. The van der Waals surface area contributed by atoms with Crippen LogP contribution in [0.4, 0.5) is 0 Å². The highest BCUT2D eigenvalue weighted by molar-refractivity contribution is 9.10. The van der Waals surface area contributed by atoms with E-state index in [-0.39, 0.29) is 4.83 Å². The number of hydrogen-bond acceptors (Lipinski definition) is 3. The van der Waals surface area contributed by atoms with E-state index in [0.29, 0.717) is 0 Å². The van der Waals surface area contributed by atoms with Crippen molar-refractivity contribution in [3.63, 3.8) is 0 Å². The molecule has 2 rings (SSSR count). The lowest BCUT2D eigenvalue weighted by Crippen LogP contribution is -1.94. The summed E-state index contributed by atoms with van der Waals surface area (Å²) in [5, 5.41) is 0. The van der Waals surface area contributed by atoms with Crippen molar-refractivity contribution in [1.82, 2.24) is 0 Å². The van der Waals surface area contributed by atoms with Gasteiger partial charge in [-0.1, -0.05) is 15.9 Å². The summed E-state index contributed by atoms with van der Waals surface area (Å²) in [6.45, 7) is 2.10. The number of thiophene rings is 1. The van der Waals surface area contributed by atoms with Crippen LogP contribution in [0.2, 0.25) is 0 Å². The fourth-order valence-electron chi connectivity index (χ4n) is 1.75. The molecule has 1 unspecified atom stereocenters. The maximum Gasteiger partial charge on any atom is 0.122 e. The van der Waals surface area contributed by atoms with E-state index in [1.807, 2.05) is 18.2 Å². The molecule has 0 radical (unpaired) electrons. The Morgan fingerprint density at radius 3 is 2.05 bits per heavy atom. The number of methoxy groups -OCH3 is 2. The zero-order valence-electron chi connectivity index (χ0n) is 10.9. The fraction of sp³-hybridized carbons (Fsp3) is 0.286. The zero-order valence-corrected chi connectivity index (χ0v) is 14.9. The SMILES string of the molecule is COc1cc(OC)cc(C(Br)c2cc(Br)c(C)s2)c1. The number of alkyl halides is 1. The van der Waals surface area contributed by atoms with E-state index in [1.54, 1.807) is 25.6 Å². The summed E-state index contributed by atoms with van der Waals surface area (Å²) in [7, 11) is 3.32. The Kier molecular flexibility index (Phi) is 4.92. The lowest BCUT2D eigenvalue weighted by molar-refractivity contribution is 0.393. The van der Waals surface area contributed by atoms with Crippen molar-refractivity contribution in [3.05, 3.63) is 44.1 Å². The summed E-state index contributed by atoms with van der Waals surface area (Å²) in [5.74, 6) is 1.59. The van der Waals surface area contributed by atoms with Crippen molar-refractivity contribution in [2.75, 3.05) is 14.2 Å². The third-order valence-corrected chi connectivity index (χ3v) is 6.32. The fourth-order valence-corrected chi connectivity index (χ4v) is 3.99. The van der Waals surface area contributed by atoms with Crippen LogP contribution in [-0.2, 0) is 0 Å². The molecule has 19 heavy (non-hydrogen) atoms. The Morgan fingerprint density at radius 2 is 1.63 bits per heavy atom. The van der Waals surface area contributed by atoms with Gasteiger partial charge in [0.25, 0.3) is 0 Å². The quantitative estimate of drug-likeness (QED) is 0.640. The molecule has 0 bridgehead atoms. The van der Waals surface area contributed by atoms with E-state index >= 15 is 0 Å². The van der Waals surface area contributed by atoms with Gasteiger partial charge in [-0.3, -0.25) is 0 Å². The summed E-state index contributed by atoms with van der Waals surface area (Å²) in [6, 6.07) is 8.06. The summed E-state index contributed by atoms with van der Waals surface area (Å²) >= 11 is 9.07. The van der Waals surface area contributed by atoms with Gasteiger partial charge in [0, 0.05) is 20.3 Å². The first-order valence-electron chi connectivity index (χ1n) is 5.68. The number of ether oxygens (including phenoxy) is 2. The minimum Gasteiger partial charge on any atom is -0.497 e. The second-order valence-electron chi connectivity index (χ2n) is 4.06. The molecule has 1 aromatic carbocycles. The smallest absolute Gasteiger partial charge is 0.122 e. The average Bonchev–Trinajstić information content (AvgIpc) is 2.77. The largest absolute Gasteiger partial charge is 0.497 e. The van der Waals surface area contributed by atoms with Crippen LogP contribution in [0.5, 0.6) is 11.5 Å². The van der Waals surface area contributed by atoms with Gasteiger partial charge in [-0.15, -0.1) is 11.3 Å². The summed E-state index contributed by atoms with van der Waals surface area (Å²) in [4.78, 5) is 2.65. The third kappa shape index (κ3) is 3.33. The molecule has 1 aromatic heterocycles. The van der Waals surface area contributed by atoms with E-state index in [4.69, 9.17) is 9.47 Å². The maximum absolute atomic E-state index is 5.31. The van der Waals surface area contributed by atoms with Crippen LogP contribution in [-0.4, -0.2) is 14.2 Å². The van der Waals surface area contributed by atoms with Crippen molar-refractivity contribution in [1.29, 1.82) is 0 Å². The Morgan fingerprint density at radius 1 is 1.05 bits per heavy atom. The van der Waals surface area contributed by atoms with Crippen molar-refractivity contribution >= 4 is 43.2 Å². The second-order valence-corrected chi connectivity index (χ2v) is 7.12. The van der Waals surface area contributed by atoms with Crippen molar-refractivity contribution in [2.24, 2.45) is 0 Å². The summed E-state index contributed by atoms with van der Waals surface area (Å²) < 4.78 is 11.8. The minimum absolute atomic E-state index is 0.131. The highest BCUT2D eigenvalue weighted by atomic mass is 79.9. The van der Waals surface area contributed by atoms with Crippen LogP contribution in [0.1, 0.15) is 20.1 Å². The van der Waals surface area contributed by atoms with E-state index in [1.165, 1.54) is 9.75 Å². The molecule has 0 spiro atoms. The van der Waals surface area contributed by atoms with Gasteiger partial charge in [-0.05, 0) is 46.6 Å². The predicted octanol–water partition coefficient (Wildman–Crippen LogP) is 5.32. The molecule has 0 aliphatic carbocycles. The van der Waals surface area contributed by atoms with Crippen LogP contribution >= 0.6 is 43.2 Å². The van der Waals surface area contributed by atoms with Gasteiger partial charge < -0.3 is 9.47 Å². The molecule has 2 nitrogen and oxygen atoms in total. The molecule has 5 heteroatoms. The van der Waals surface area contributed by atoms with Crippen LogP contribution in [0.15, 0.2) is 28.7 Å². The van der Waals surface area contributed by atoms with Gasteiger partial charge in [-0.25, -0.2) is 0 Å². The molecule has 0 fully saturated rings. The molecule has 102 valence electrons.